The fourth-order valence-corrected chi connectivity index (χ4v) is 2.38. The van der Waals surface area contributed by atoms with E-state index < -0.39 is 10.2 Å². The van der Waals surface area contributed by atoms with Crippen LogP contribution in [0.1, 0.15) is 6.92 Å². The molecule has 1 rings (SSSR count). The lowest BCUT2D eigenvalue weighted by atomic mass is 10.3. The average molecular weight is 228 g/mol. The molecule has 0 amide bonds. The summed E-state index contributed by atoms with van der Waals surface area (Å²) in [5, 5.41) is 0. The molecule has 0 aliphatic carbocycles. The van der Waals surface area contributed by atoms with Crippen molar-refractivity contribution < 1.29 is 8.42 Å². The first-order valence-corrected chi connectivity index (χ1v) is 6.15. The molecule has 1 aromatic rings. The van der Waals surface area contributed by atoms with E-state index in [1.165, 1.54) is 22.7 Å². The van der Waals surface area contributed by atoms with Gasteiger partial charge >= 0.3 is 10.2 Å². The maximum Gasteiger partial charge on any atom is 0.303 e. The van der Waals surface area contributed by atoms with Crippen molar-refractivity contribution in [1.82, 2.24) is 4.31 Å². The van der Waals surface area contributed by atoms with Crippen LogP contribution in [0.2, 0.25) is 0 Å². The third-order valence-corrected chi connectivity index (χ3v) is 4.02. The molecule has 0 atom stereocenters. The van der Waals surface area contributed by atoms with E-state index in [0.717, 1.165) is 0 Å². The molecule has 0 aliphatic rings. The van der Waals surface area contributed by atoms with Crippen LogP contribution < -0.4 is 4.31 Å². The van der Waals surface area contributed by atoms with E-state index in [1.54, 1.807) is 12.1 Å². The summed E-state index contributed by atoms with van der Waals surface area (Å²) in [7, 11) is -0.318. The molecule has 0 saturated carbocycles. The number of rotatable bonds is 4. The highest BCUT2D eigenvalue weighted by molar-refractivity contribution is 7.90. The van der Waals surface area contributed by atoms with Crippen LogP contribution in [-0.4, -0.2) is 33.4 Å². The summed E-state index contributed by atoms with van der Waals surface area (Å²) < 4.78 is 26.4. The maximum atomic E-state index is 11.9. The van der Waals surface area contributed by atoms with Gasteiger partial charge in [0.05, 0.1) is 5.69 Å². The Kier molecular flexibility index (Phi) is 3.71. The Labute approximate surface area is 91.3 Å². The minimum atomic E-state index is -3.38. The maximum absolute atomic E-state index is 11.9. The molecular formula is C10H16N2O2S. The van der Waals surface area contributed by atoms with Crippen molar-refractivity contribution in [2.75, 3.05) is 24.9 Å². The van der Waals surface area contributed by atoms with Crippen LogP contribution >= 0.6 is 0 Å². The molecule has 0 aliphatic heterocycles. The quantitative estimate of drug-likeness (QED) is 0.780. The summed E-state index contributed by atoms with van der Waals surface area (Å²) in [5.74, 6) is 0. The highest BCUT2D eigenvalue weighted by atomic mass is 32.2. The van der Waals surface area contributed by atoms with Crippen molar-refractivity contribution in [3.63, 3.8) is 0 Å². The van der Waals surface area contributed by atoms with Crippen LogP contribution in [0.5, 0.6) is 0 Å². The molecule has 0 saturated heterocycles. The van der Waals surface area contributed by atoms with E-state index >= 15 is 0 Å². The monoisotopic (exact) mass is 228 g/mol. The number of anilines is 1. The molecule has 0 radical (unpaired) electrons. The normalized spacial score (nSPS) is 11.7. The van der Waals surface area contributed by atoms with Gasteiger partial charge in [0, 0.05) is 20.6 Å². The van der Waals surface area contributed by atoms with Crippen molar-refractivity contribution in [2.24, 2.45) is 0 Å². The average Bonchev–Trinajstić information content (AvgIpc) is 2.19. The van der Waals surface area contributed by atoms with Gasteiger partial charge in [-0.1, -0.05) is 18.2 Å². The molecule has 4 nitrogen and oxygen atoms in total. The van der Waals surface area contributed by atoms with Crippen molar-refractivity contribution in [2.45, 2.75) is 6.92 Å². The second-order valence-electron chi connectivity index (χ2n) is 3.29. The Hall–Kier alpha value is -1.07. The highest BCUT2D eigenvalue weighted by Crippen LogP contribution is 2.17. The van der Waals surface area contributed by atoms with Gasteiger partial charge in [0.25, 0.3) is 0 Å². The lowest BCUT2D eigenvalue weighted by Gasteiger charge is -2.25. The minimum absolute atomic E-state index is 0.421. The number of benzene rings is 1. The first-order valence-electron chi connectivity index (χ1n) is 4.75. The first kappa shape index (κ1) is 12.0. The predicted octanol–water partition coefficient (Wildman–Crippen LogP) is 1.32. The summed E-state index contributed by atoms with van der Waals surface area (Å²) in [4.78, 5) is 0. The van der Waals surface area contributed by atoms with Crippen molar-refractivity contribution >= 4 is 15.9 Å². The topological polar surface area (TPSA) is 40.6 Å². The number of para-hydroxylation sites is 1. The first-order chi connectivity index (χ1) is 7.00. The molecule has 0 aromatic heterocycles. The second kappa shape index (κ2) is 4.63. The summed E-state index contributed by atoms with van der Waals surface area (Å²) in [6.07, 6.45) is 0. The van der Waals surface area contributed by atoms with E-state index in [0.29, 0.717) is 12.2 Å². The summed E-state index contributed by atoms with van der Waals surface area (Å²) in [5.41, 5.74) is 0.689. The van der Waals surface area contributed by atoms with E-state index in [2.05, 4.69) is 0 Å². The van der Waals surface area contributed by atoms with E-state index in [1.807, 2.05) is 25.1 Å². The lowest BCUT2D eigenvalue weighted by molar-refractivity contribution is 0.516. The fourth-order valence-electron chi connectivity index (χ4n) is 1.27. The number of hydrogen-bond donors (Lipinski definition) is 0. The SMILES string of the molecule is CCN(c1ccccc1)S(=O)(=O)N(C)C. The molecule has 0 bridgehead atoms. The summed E-state index contributed by atoms with van der Waals surface area (Å²) in [6, 6.07) is 9.07. The number of hydrogen-bond acceptors (Lipinski definition) is 2. The van der Waals surface area contributed by atoms with Gasteiger partial charge in [-0.2, -0.15) is 12.7 Å². The van der Waals surface area contributed by atoms with Crippen LogP contribution in [0, 0.1) is 0 Å². The van der Waals surface area contributed by atoms with Gasteiger partial charge < -0.3 is 0 Å². The van der Waals surface area contributed by atoms with Crippen molar-refractivity contribution in [3.05, 3.63) is 30.3 Å². The zero-order chi connectivity index (χ0) is 11.5. The third kappa shape index (κ3) is 2.49. The Morgan fingerprint density at radius 3 is 2.07 bits per heavy atom. The van der Waals surface area contributed by atoms with Gasteiger partial charge in [-0.15, -0.1) is 0 Å². The van der Waals surface area contributed by atoms with Crippen molar-refractivity contribution in [1.29, 1.82) is 0 Å². The lowest BCUT2D eigenvalue weighted by Crippen LogP contribution is -2.39. The summed E-state index contributed by atoms with van der Waals surface area (Å²) in [6.45, 7) is 2.23. The third-order valence-electron chi connectivity index (χ3n) is 2.07. The zero-order valence-electron chi connectivity index (χ0n) is 9.21. The van der Waals surface area contributed by atoms with E-state index in [9.17, 15) is 8.42 Å². The predicted molar refractivity (Wildman–Crippen MR) is 62.1 cm³/mol. The molecule has 0 heterocycles. The molecule has 0 unspecified atom stereocenters. The fraction of sp³-hybridized carbons (Fsp3) is 0.400. The van der Waals surface area contributed by atoms with Gasteiger partial charge in [0.15, 0.2) is 0 Å². The van der Waals surface area contributed by atoms with Crippen molar-refractivity contribution in [3.8, 4) is 0 Å². The highest BCUT2D eigenvalue weighted by Gasteiger charge is 2.22. The Bertz CT molecular complexity index is 401. The van der Waals surface area contributed by atoms with Crippen LogP contribution in [-0.2, 0) is 10.2 Å². The number of nitrogens with zero attached hydrogens (tertiary/aromatic N) is 2. The van der Waals surface area contributed by atoms with Gasteiger partial charge in [-0.05, 0) is 19.1 Å². The molecular weight excluding hydrogens is 212 g/mol. The Morgan fingerprint density at radius 1 is 1.13 bits per heavy atom. The molecule has 0 fully saturated rings. The largest absolute Gasteiger partial charge is 0.303 e. The standard InChI is InChI=1S/C10H16N2O2S/c1-4-12(15(13,14)11(2)3)10-8-6-5-7-9-10/h5-9H,4H2,1-3H3. The Balaban J connectivity index is 3.11. The molecule has 0 spiro atoms. The Morgan fingerprint density at radius 2 is 1.67 bits per heavy atom. The molecule has 84 valence electrons. The molecule has 5 heteroatoms. The van der Waals surface area contributed by atoms with E-state index in [-0.39, 0.29) is 0 Å². The van der Waals surface area contributed by atoms with Gasteiger partial charge in [-0.25, -0.2) is 0 Å². The van der Waals surface area contributed by atoms with Crippen LogP contribution in [0.4, 0.5) is 5.69 Å². The van der Waals surface area contributed by atoms with Crippen LogP contribution in [0.3, 0.4) is 0 Å². The molecule has 0 N–H and O–H groups in total. The van der Waals surface area contributed by atoms with E-state index in [4.69, 9.17) is 0 Å². The van der Waals surface area contributed by atoms with Crippen LogP contribution in [0.15, 0.2) is 30.3 Å². The van der Waals surface area contributed by atoms with Gasteiger partial charge in [0.1, 0.15) is 0 Å². The second-order valence-corrected chi connectivity index (χ2v) is 5.36. The summed E-state index contributed by atoms with van der Waals surface area (Å²) >= 11 is 0. The minimum Gasteiger partial charge on any atom is -0.258 e. The molecule has 15 heavy (non-hydrogen) atoms. The molecule has 1 aromatic carbocycles. The van der Waals surface area contributed by atoms with Gasteiger partial charge in [0.2, 0.25) is 0 Å². The zero-order valence-corrected chi connectivity index (χ0v) is 10.0. The van der Waals surface area contributed by atoms with Crippen LogP contribution in [0.25, 0.3) is 0 Å². The smallest absolute Gasteiger partial charge is 0.258 e. The van der Waals surface area contributed by atoms with Gasteiger partial charge in [-0.3, -0.25) is 4.31 Å².